The van der Waals surface area contributed by atoms with E-state index in [1.54, 1.807) is 0 Å². The highest BCUT2D eigenvalue weighted by molar-refractivity contribution is 9.10. The van der Waals surface area contributed by atoms with E-state index >= 15 is 0 Å². The zero-order chi connectivity index (χ0) is 14.2. The van der Waals surface area contributed by atoms with Gasteiger partial charge in [-0.15, -0.1) is 0 Å². The topological polar surface area (TPSA) is 44.5 Å². The molecule has 0 aliphatic rings. The third kappa shape index (κ3) is 4.87. The largest absolute Gasteiger partial charge is 0.493 e. The summed E-state index contributed by atoms with van der Waals surface area (Å²) >= 11 is 3.50. The van der Waals surface area contributed by atoms with Gasteiger partial charge in [0.1, 0.15) is 5.75 Å². The number of nitrogens with two attached hydrogens (primary N) is 1. The highest BCUT2D eigenvalue weighted by Gasteiger charge is 1.99. The van der Waals surface area contributed by atoms with Crippen LogP contribution in [0.25, 0.3) is 0 Å². The number of nitrogen functional groups attached to an aromatic ring is 1. The molecule has 0 aromatic heterocycles. The summed E-state index contributed by atoms with van der Waals surface area (Å²) in [6.07, 6.45) is 0.846. The van der Waals surface area contributed by atoms with Crippen molar-refractivity contribution in [1.29, 1.82) is 0 Å². The molecule has 106 valence electrons. The van der Waals surface area contributed by atoms with E-state index in [9.17, 15) is 0 Å². The van der Waals surface area contributed by atoms with Crippen LogP contribution in [0.5, 0.6) is 5.75 Å². The number of hydrogen-bond acceptors (Lipinski definition) is 3. The summed E-state index contributed by atoms with van der Waals surface area (Å²) in [6, 6.07) is 15.5. The van der Waals surface area contributed by atoms with Gasteiger partial charge in [0, 0.05) is 22.6 Å². The first-order chi connectivity index (χ1) is 9.75. The van der Waals surface area contributed by atoms with E-state index in [4.69, 9.17) is 15.2 Å². The van der Waals surface area contributed by atoms with Crippen LogP contribution in [-0.4, -0.2) is 13.2 Å². The molecule has 0 atom stereocenters. The van der Waals surface area contributed by atoms with Crippen LogP contribution in [0.2, 0.25) is 0 Å². The Labute approximate surface area is 127 Å². The molecule has 0 fully saturated rings. The van der Waals surface area contributed by atoms with Gasteiger partial charge in [-0.3, -0.25) is 0 Å². The Kier molecular flexibility index (Phi) is 5.89. The second-order valence-corrected chi connectivity index (χ2v) is 5.27. The molecule has 20 heavy (non-hydrogen) atoms. The van der Waals surface area contributed by atoms with Crippen LogP contribution in [0.4, 0.5) is 5.69 Å². The minimum absolute atomic E-state index is 0.611. The minimum atomic E-state index is 0.611. The summed E-state index contributed by atoms with van der Waals surface area (Å²) in [5.74, 6) is 0.802. The van der Waals surface area contributed by atoms with Gasteiger partial charge in [-0.25, -0.2) is 0 Å². The number of benzene rings is 2. The summed E-state index contributed by atoms with van der Waals surface area (Å²) in [7, 11) is 0. The van der Waals surface area contributed by atoms with Crippen LogP contribution in [0, 0.1) is 0 Å². The Morgan fingerprint density at radius 3 is 2.65 bits per heavy atom. The van der Waals surface area contributed by atoms with Gasteiger partial charge in [0.25, 0.3) is 0 Å². The Hall–Kier alpha value is -1.52. The van der Waals surface area contributed by atoms with Crippen molar-refractivity contribution in [3.05, 3.63) is 58.6 Å². The van der Waals surface area contributed by atoms with E-state index in [2.05, 4.69) is 15.9 Å². The maximum Gasteiger partial charge on any atom is 0.121 e. The molecular formula is C16H18BrNO2. The molecule has 0 bridgehead atoms. The van der Waals surface area contributed by atoms with Crippen molar-refractivity contribution in [2.75, 3.05) is 18.9 Å². The Morgan fingerprint density at radius 1 is 1.00 bits per heavy atom. The minimum Gasteiger partial charge on any atom is -0.493 e. The summed E-state index contributed by atoms with van der Waals surface area (Å²) in [5, 5.41) is 0. The normalized spacial score (nSPS) is 10.4. The first-order valence-electron chi connectivity index (χ1n) is 6.55. The molecule has 2 aromatic rings. The molecule has 0 spiro atoms. The monoisotopic (exact) mass is 335 g/mol. The fourth-order valence-corrected chi connectivity index (χ4v) is 2.15. The van der Waals surface area contributed by atoms with E-state index < -0.39 is 0 Å². The van der Waals surface area contributed by atoms with Crippen molar-refractivity contribution in [3.8, 4) is 5.75 Å². The molecule has 2 rings (SSSR count). The second kappa shape index (κ2) is 7.92. The molecule has 4 heteroatoms. The highest BCUT2D eigenvalue weighted by Crippen LogP contribution is 2.17. The molecule has 0 amide bonds. The number of anilines is 1. The molecule has 0 unspecified atom stereocenters. The van der Waals surface area contributed by atoms with Crippen LogP contribution >= 0.6 is 15.9 Å². The van der Waals surface area contributed by atoms with Crippen molar-refractivity contribution in [3.63, 3.8) is 0 Å². The molecule has 0 heterocycles. The second-order valence-electron chi connectivity index (χ2n) is 4.42. The predicted molar refractivity (Wildman–Crippen MR) is 84.8 cm³/mol. The van der Waals surface area contributed by atoms with Gasteiger partial charge in [-0.2, -0.15) is 0 Å². The van der Waals surface area contributed by atoms with Crippen molar-refractivity contribution in [2.24, 2.45) is 0 Å². The number of hydrogen-bond donors (Lipinski definition) is 1. The molecule has 0 radical (unpaired) electrons. The molecule has 3 nitrogen and oxygen atoms in total. The summed E-state index contributed by atoms with van der Waals surface area (Å²) in [5.41, 5.74) is 7.55. The van der Waals surface area contributed by atoms with Gasteiger partial charge in [0.15, 0.2) is 0 Å². The van der Waals surface area contributed by atoms with Crippen molar-refractivity contribution in [1.82, 2.24) is 0 Å². The lowest BCUT2D eigenvalue weighted by atomic mass is 10.2. The standard InChI is InChI=1S/C16H18BrNO2/c17-16-8-2-1-5-13(16)12-19-9-4-10-20-15-7-3-6-14(18)11-15/h1-3,5-8,11H,4,9-10,12,18H2. The summed E-state index contributed by atoms with van der Waals surface area (Å²) in [6.45, 7) is 1.91. The molecule has 0 aliphatic carbocycles. The van der Waals surface area contributed by atoms with Crippen LogP contribution in [0.15, 0.2) is 53.0 Å². The van der Waals surface area contributed by atoms with Crippen molar-refractivity contribution in [2.45, 2.75) is 13.0 Å². The number of ether oxygens (including phenoxy) is 2. The summed E-state index contributed by atoms with van der Waals surface area (Å²) < 4.78 is 12.3. The van der Waals surface area contributed by atoms with Crippen LogP contribution < -0.4 is 10.5 Å². The van der Waals surface area contributed by atoms with Gasteiger partial charge in [-0.05, 0) is 23.8 Å². The highest BCUT2D eigenvalue weighted by atomic mass is 79.9. The number of rotatable bonds is 7. The third-order valence-electron chi connectivity index (χ3n) is 2.78. The third-order valence-corrected chi connectivity index (χ3v) is 3.55. The maximum atomic E-state index is 5.68. The Morgan fingerprint density at radius 2 is 1.85 bits per heavy atom. The number of halogens is 1. The van der Waals surface area contributed by atoms with Gasteiger partial charge >= 0.3 is 0 Å². The van der Waals surface area contributed by atoms with Crippen LogP contribution in [-0.2, 0) is 11.3 Å². The van der Waals surface area contributed by atoms with Crippen LogP contribution in [0.1, 0.15) is 12.0 Å². The zero-order valence-corrected chi connectivity index (χ0v) is 12.8. The zero-order valence-electron chi connectivity index (χ0n) is 11.2. The van der Waals surface area contributed by atoms with Crippen molar-refractivity contribution < 1.29 is 9.47 Å². The molecule has 0 saturated heterocycles. The summed E-state index contributed by atoms with van der Waals surface area (Å²) in [4.78, 5) is 0. The van der Waals surface area contributed by atoms with Gasteiger partial charge in [-0.1, -0.05) is 40.2 Å². The molecule has 0 aliphatic heterocycles. The van der Waals surface area contributed by atoms with Gasteiger partial charge in [0.05, 0.1) is 19.8 Å². The Balaban J connectivity index is 1.61. The first kappa shape index (κ1) is 14.9. The van der Waals surface area contributed by atoms with E-state index in [1.165, 1.54) is 0 Å². The average Bonchev–Trinajstić information content (AvgIpc) is 2.44. The van der Waals surface area contributed by atoms with E-state index in [0.29, 0.717) is 25.5 Å². The molecule has 2 aromatic carbocycles. The van der Waals surface area contributed by atoms with Crippen molar-refractivity contribution >= 4 is 21.6 Å². The van der Waals surface area contributed by atoms with E-state index in [-0.39, 0.29) is 0 Å². The SMILES string of the molecule is Nc1cccc(OCCCOCc2ccccc2Br)c1. The Bertz CT molecular complexity index is 546. The van der Waals surface area contributed by atoms with E-state index in [1.807, 2.05) is 48.5 Å². The van der Waals surface area contributed by atoms with E-state index in [0.717, 1.165) is 22.2 Å². The lowest BCUT2D eigenvalue weighted by molar-refractivity contribution is 0.107. The molecule has 0 saturated carbocycles. The van der Waals surface area contributed by atoms with Gasteiger partial charge in [0.2, 0.25) is 0 Å². The lowest BCUT2D eigenvalue weighted by Gasteiger charge is -2.08. The van der Waals surface area contributed by atoms with Gasteiger partial charge < -0.3 is 15.2 Å². The van der Waals surface area contributed by atoms with Crippen LogP contribution in [0.3, 0.4) is 0 Å². The predicted octanol–water partition coefficient (Wildman–Crippen LogP) is 4.02. The molecule has 2 N–H and O–H groups in total. The smallest absolute Gasteiger partial charge is 0.121 e. The fraction of sp³-hybridized carbons (Fsp3) is 0.250. The molecular weight excluding hydrogens is 318 g/mol. The fourth-order valence-electron chi connectivity index (χ4n) is 1.75. The first-order valence-corrected chi connectivity index (χ1v) is 7.34. The lowest BCUT2D eigenvalue weighted by Crippen LogP contribution is -2.03. The maximum absolute atomic E-state index is 5.68. The quantitative estimate of drug-likeness (QED) is 0.614. The average molecular weight is 336 g/mol.